The van der Waals surface area contributed by atoms with Gasteiger partial charge in [-0.3, -0.25) is 4.68 Å². The van der Waals surface area contributed by atoms with Crippen molar-refractivity contribution < 1.29 is 0 Å². The Morgan fingerprint density at radius 2 is 2.29 bits per heavy atom. The van der Waals surface area contributed by atoms with Crippen molar-refractivity contribution in [2.24, 2.45) is 5.92 Å². The first kappa shape index (κ1) is 9.71. The van der Waals surface area contributed by atoms with Crippen molar-refractivity contribution >= 4 is 0 Å². The average molecular weight is 193 g/mol. The standard InChI is InChI=1S/C11H19N3/c1-10-4-8-14(13-10)9-5-11-2-6-12-7-3-11/h4,8,11-12H,2-3,5-7,9H2,1H3. The van der Waals surface area contributed by atoms with Crippen molar-refractivity contribution in [3.05, 3.63) is 18.0 Å². The molecule has 3 nitrogen and oxygen atoms in total. The SMILES string of the molecule is Cc1ccn(CCC2CCNCC2)n1. The Hall–Kier alpha value is -0.830. The summed E-state index contributed by atoms with van der Waals surface area (Å²) in [5, 5.41) is 7.79. The Labute approximate surface area is 85.5 Å². The lowest BCUT2D eigenvalue weighted by molar-refractivity contribution is 0.332. The summed E-state index contributed by atoms with van der Waals surface area (Å²) in [6.45, 7) is 5.52. The molecule has 0 spiro atoms. The smallest absolute Gasteiger partial charge is 0.0593 e. The van der Waals surface area contributed by atoms with E-state index in [9.17, 15) is 0 Å². The first-order valence-corrected chi connectivity index (χ1v) is 5.55. The van der Waals surface area contributed by atoms with Gasteiger partial charge in [0.1, 0.15) is 0 Å². The lowest BCUT2D eigenvalue weighted by Gasteiger charge is -2.22. The zero-order chi connectivity index (χ0) is 9.80. The van der Waals surface area contributed by atoms with Gasteiger partial charge in [0.25, 0.3) is 0 Å². The van der Waals surface area contributed by atoms with Crippen LogP contribution in [0, 0.1) is 12.8 Å². The number of nitrogens with zero attached hydrogens (tertiary/aromatic N) is 2. The minimum absolute atomic E-state index is 0.903. The number of nitrogens with one attached hydrogen (secondary N) is 1. The van der Waals surface area contributed by atoms with E-state index in [0.29, 0.717) is 0 Å². The van der Waals surface area contributed by atoms with Gasteiger partial charge in [-0.1, -0.05) is 0 Å². The van der Waals surface area contributed by atoms with Gasteiger partial charge in [0, 0.05) is 12.7 Å². The van der Waals surface area contributed by atoms with Gasteiger partial charge >= 0.3 is 0 Å². The van der Waals surface area contributed by atoms with Crippen LogP contribution in [-0.2, 0) is 6.54 Å². The highest BCUT2D eigenvalue weighted by Gasteiger charge is 2.12. The van der Waals surface area contributed by atoms with Crippen LogP contribution in [0.5, 0.6) is 0 Å². The lowest BCUT2D eigenvalue weighted by Crippen LogP contribution is -2.28. The largest absolute Gasteiger partial charge is 0.317 e. The fourth-order valence-corrected chi connectivity index (χ4v) is 2.07. The van der Waals surface area contributed by atoms with Gasteiger partial charge < -0.3 is 5.32 Å². The van der Waals surface area contributed by atoms with Crippen LogP contribution in [0.2, 0.25) is 0 Å². The molecule has 78 valence electrons. The Morgan fingerprint density at radius 3 is 2.93 bits per heavy atom. The van der Waals surface area contributed by atoms with Gasteiger partial charge in [-0.2, -0.15) is 5.10 Å². The molecule has 1 fully saturated rings. The number of rotatable bonds is 3. The van der Waals surface area contributed by atoms with Gasteiger partial charge in [-0.05, 0) is 51.3 Å². The maximum Gasteiger partial charge on any atom is 0.0593 e. The Kier molecular flexibility index (Phi) is 3.19. The van der Waals surface area contributed by atoms with Crippen molar-refractivity contribution in [2.75, 3.05) is 13.1 Å². The van der Waals surface area contributed by atoms with E-state index in [0.717, 1.165) is 18.2 Å². The van der Waals surface area contributed by atoms with Crippen molar-refractivity contribution in [3.8, 4) is 0 Å². The summed E-state index contributed by atoms with van der Waals surface area (Å²) in [6.07, 6.45) is 6.03. The maximum atomic E-state index is 4.40. The molecule has 2 heterocycles. The Morgan fingerprint density at radius 1 is 1.50 bits per heavy atom. The van der Waals surface area contributed by atoms with Crippen LogP contribution < -0.4 is 5.32 Å². The molecule has 0 amide bonds. The summed E-state index contributed by atoms with van der Waals surface area (Å²) in [5.41, 5.74) is 1.12. The molecule has 1 aliphatic heterocycles. The summed E-state index contributed by atoms with van der Waals surface area (Å²) >= 11 is 0. The van der Waals surface area contributed by atoms with E-state index in [-0.39, 0.29) is 0 Å². The van der Waals surface area contributed by atoms with Crippen LogP contribution in [0.3, 0.4) is 0 Å². The zero-order valence-corrected chi connectivity index (χ0v) is 8.87. The van der Waals surface area contributed by atoms with Crippen molar-refractivity contribution in [1.29, 1.82) is 0 Å². The number of aryl methyl sites for hydroxylation is 2. The van der Waals surface area contributed by atoms with Crippen LogP contribution in [0.4, 0.5) is 0 Å². The molecule has 0 aliphatic carbocycles. The van der Waals surface area contributed by atoms with Crippen LogP contribution in [0.1, 0.15) is 25.0 Å². The van der Waals surface area contributed by atoms with Crippen molar-refractivity contribution in [1.82, 2.24) is 15.1 Å². The van der Waals surface area contributed by atoms with E-state index < -0.39 is 0 Å². The van der Waals surface area contributed by atoms with E-state index >= 15 is 0 Å². The minimum atomic E-state index is 0.903. The fraction of sp³-hybridized carbons (Fsp3) is 0.727. The number of aromatic nitrogens is 2. The summed E-state index contributed by atoms with van der Waals surface area (Å²) in [7, 11) is 0. The summed E-state index contributed by atoms with van der Waals surface area (Å²) in [6, 6.07) is 2.07. The predicted molar refractivity (Wildman–Crippen MR) is 57.2 cm³/mol. The first-order valence-electron chi connectivity index (χ1n) is 5.55. The quantitative estimate of drug-likeness (QED) is 0.790. The molecular weight excluding hydrogens is 174 g/mol. The van der Waals surface area contributed by atoms with Gasteiger partial charge in [-0.15, -0.1) is 0 Å². The molecule has 1 aromatic heterocycles. The van der Waals surface area contributed by atoms with Crippen LogP contribution >= 0.6 is 0 Å². The molecule has 0 bridgehead atoms. The maximum absolute atomic E-state index is 4.40. The second-order valence-corrected chi connectivity index (χ2v) is 4.20. The topological polar surface area (TPSA) is 29.9 Å². The number of piperidine rings is 1. The van der Waals surface area contributed by atoms with Crippen molar-refractivity contribution in [2.45, 2.75) is 32.7 Å². The average Bonchev–Trinajstić information content (AvgIpc) is 2.63. The molecule has 1 saturated heterocycles. The third-order valence-corrected chi connectivity index (χ3v) is 3.00. The minimum Gasteiger partial charge on any atom is -0.317 e. The fourth-order valence-electron chi connectivity index (χ4n) is 2.07. The van der Waals surface area contributed by atoms with Crippen molar-refractivity contribution in [3.63, 3.8) is 0 Å². The molecule has 0 aromatic carbocycles. The third-order valence-electron chi connectivity index (χ3n) is 3.00. The predicted octanol–water partition coefficient (Wildman–Crippen LogP) is 1.58. The van der Waals surface area contributed by atoms with Gasteiger partial charge in [0.2, 0.25) is 0 Å². The van der Waals surface area contributed by atoms with Crippen LogP contribution in [0.25, 0.3) is 0 Å². The lowest BCUT2D eigenvalue weighted by atomic mass is 9.95. The molecule has 0 radical (unpaired) electrons. The van der Waals surface area contributed by atoms with E-state index in [1.807, 2.05) is 6.92 Å². The molecule has 3 heteroatoms. The molecule has 1 N–H and O–H groups in total. The monoisotopic (exact) mass is 193 g/mol. The Balaban J connectivity index is 1.76. The highest BCUT2D eigenvalue weighted by atomic mass is 15.3. The summed E-state index contributed by atoms with van der Waals surface area (Å²) < 4.78 is 2.07. The second kappa shape index (κ2) is 4.60. The molecular formula is C11H19N3. The van der Waals surface area contributed by atoms with Gasteiger partial charge in [0.15, 0.2) is 0 Å². The van der Waals surface area contributed by atoms with Gasteiger partial charge in [0.05, 0.1) is 5.69 Å². The number of hydrogen-bond acceptors (Lipinski definition) is 2. The molecule has 14 heavy (non-hydrogen) atoms. The molecule has 0 saturated carbocycles. The highest BCUT2D eigenvalue weighted by molar-refractivity contribution is 4.94. The van der Waals surface area contributed by atoms with Crippen LogP contribution in [-0.4, -0.2) is 22.9 Å². The molecule has 1 aliphatic rings. The van der Waals surface area contributed by atoms with E-state index in [1.54, 1.807) is 0 Å². The molecule has 2 rings (SSSR count). The third kappa shape index (κ3) is 2.58. The van der Waals surface area contributed by atoms with Gasteiger partial charge in [-0.25, -0.2) is 0 Å². The number of hydrogen-bond donors (Lipinski definition) is 1. The molecule has 0 atom stereocenters. The zero-order valence-electron chi connectivity index (χ0n) is 8.87. The Bertz CT molecular complexity index is 274. The summed E-state index contributed by atoms with van der Waals surface area (Å²) in [5.74, 6) is 0.903. The van der Waals surface area contributed by atoms with E-state index in [1.165, 1.54) is 32.4 Å². The second-order valence-electron chi connectivity index (χ2n) is 4.20. The summed E-state index contributed by atoms with van der Waals surface area (Å²) in [4.78, 5) is 0. The molecule has 0 unspecified atom stereocenters. The van der Waals surface area contributed by atoms with E-state index in [4.69, 9.17) is 0 Å². The first-order chi connectivity index (χ1) is 6.84. The normalized spacial score (nSPS) is 18.6. The van der Waals surface area contributed by atoms with E-state index in [2.05, 4.69) is 27.4 Å². The molecule has 1 aromatic rings. The van der Waals surface area contributed by atoms with Crippen LogP contribution in [0.15, 0.2) is 12.3 Å². The highest BCUT2D eigenvalue weighted by Crippen LogP contribution is 2.16.